The molecule has 0 radical (unpaired) electrons. The summed E-state index contributed by atoms with van der Waals surface area (Å²) in [5.41, 5.74) is 4.49. The summed E-state index contributed by atoms with van der Waals surface area (Å²) in [7, 11) is 0. The third-order valence-electron chi connectivity index (χ3n) is 4.41. The number of nitrogens with one attached hydrogen (secondary N) is 2. The van der Waals surface area contributed by atoms with Crippen molar-refractivity contribution in [1.82, 2.24) is 15.0 Å². The van der Waals surface area contributed by atoms with Gasteiger partial charge in [-0.1, -0.05) is 12.1 Å². The van der Waals surface area contributed by atoms with Crippen molar-refractivity contribution in [3.8, 4) is 0 Å². The second-order valence-corrected chi connectivity index (χ2v) is 6.26. The fourth-order valence-electron chi connectivity index (χ4n) is 3.08. The fraction of sp³-hybridized carbons (Fsp3) is 0.250. The molecule has 0 fully saturated rings. The van der Waals surface area contributed by atoms with Crippen LogP contribution in [0.15, 0.2) is 47.4 Å². The number of pyridine rings is 2. The molecule has 0 saturated carbocycles. The Morgan fingerprint density at radius 2 is 2.07 bits per heavy atom. The maximum atomic E-state index is 13.5. The highest BCUT2D eigenvalue weighted by Crippen LogP contribution is 2.19. The van der Waals surface area contributed by atoms with Gasteiger partial charge in [-0.3, -0.25) is 14.6 Å². The van der Waals surface area contributed by atoms with E-state index < -0.39 is 6.04 Å². The molecule has 3 aromatic rings. The number of hydrogen-bond acceptors (Lipinski definition) is 4. The number of hydrogen-bond donors (Lipinski definition) is 2. The molecule has 2 aromatic heterocycles. The lowest BCUT2D eigenvalue weighted by atomic mass is 10.1. The number of benzene rings is 1. The summed E-state index contributed by atoms with van der Waals surface area (Å²) < 4.78 is 14.8. The van der Waals surface area contributed by atoms with Crippen LogP contribution in [0.3, 0.4) is 0 Å². The van der Waals surface area contributed by atoms with Crippen LogP contribution in [0.2, 0.25) is 0 Å². The molecule has 3 rings (SSSR count). The molecule has 2 heterocycles. The van der Waals surface area contributed by atoms with Crippen LogP contribution in [-0.2, 0) is 0 Å². The molecule has 6 nitrogen and oxygen atoms in total. The molecule has 2 N–H and O–H groups in total. The van der Waals surface area contributed by atoms with Gasteiger partial charge in [0.25, 0.3) is 11.5 Å². The van der Waals surface area contributed by atoms with Gasteiger partial charge in [0.2, 0.25) is 0 Å². The summed E-state index contributed by atoms with van der Waals surface area (Å²) in [6.45, 7) is 5.86. The zero-order chi connectivity index (χ0) is 19.6. The summed E-state index contributed by atoms with van der Waals surface area (Å²) in [5.74, 6) is -0.739. The number of rotatable bonds is 5. The SMILES string of the molecule is CCNn1c(C)c(C(=O)NC(C)c2cccc(F)c2)c2ncccc2c1=O. The summed E-state index contributed by atoms with van der Waals surface area (Å²) in [4.78, 5) is 30.0. The summed E-state index contributed by atoms with van der Waals surface area (Å²) in [6.07, 6.45) is 1.55. The van der Waals surface area contributed by atoms with Crippen molar-refractivity contribution in [3.63, 3.8) is 0 Å². The molecule has 1 amide bonds. The van der Waals surface area contributed by atoms with Gasteiger partial charge in [0.15, 0.2) is 0 Å². The van der Waals surface area contributed by atoms with Crippen molar-refractivity contribution in [1.29, 1.82) is 0 Å². The molecule has 140 valence electrons. The zero-order valence-corrected chi connectivity index (χ0v) is 15.4. The standard InChI is InChI=1S/C20H21FN4O2/c1-4-23-25-13(3)17(18-16(20(25)27)9-6-10-22-18)19(26)24-12(2)14-7-5-8-15(21)11-14/h5-12,23H,4H2,1-3H3,(H,24,26). The highest BCUT2D eigenvalue weighted by Gasteiger charge is 2.22. The predicted octanol–water partition coefficient (Wildman–Crippen LogP) is 2.90. The smallest absolute Gasteiger partial charge is 0.278 e. The third kappa shape index (κ3) is 3.53. The number of carbonyl (C=O) groups is 1. The van der Waals surface area contributed by atoms with E-state index in [2.05, 4.69) is 15.7 Å². The largest absolute Gasteiger partial charge is 0.345 e. The number of fused-ring (bicyclic) bond motifs is 1. The zero-order valence-electron chi connectivity index (χ0n) is 15.4. The van der Waals surface area contributed by atoms with Crippen molar-refractivity contribution >= 4 is 16.8 Å². The third-order valence-corrected chi connectivity index (χ3v) is 4.41. The van der Waals surface area contributed by atoms with E-state index in [9.17, 15) is 14.0 Å². The fourth-order valence-corrected chi connectivity index (χ4v) is 3.08. The second-order valence-electron chi connectivity index (χ2n) is 6.26. The molecule has 7 heteroatoms. The van der Waals surface area contributed by atoms with Crippen LogP contribution in [0.5, 0.6) is 0 Å². The first-order valence-corrected chi connectivity index (χ1v) is 8.74. The van der Waals surface area contributed by atoms with Crippen molar-refractivity contribution in [2.45, 2.75) is 26.8 Å². The molecule has 0 aliphatic carbocycles. The Kier molecular flexibility index (Phi) is 5.21. The summed E-state index contributed by atoms with van der Waals surface area (Å²) >= 11 is 0. The molecular formula is C20H21FN4O2. The minimum atomic E-state index is -0.411. The maximum Gasteiger partial charge on any atom is 0.278 e. The first kappa shape index (κ1) is 18.6. The number of halogens is 1. The van der Waals surface area contributed by atoms with E-state index in [0.29, 0.717) is 34.3 Å². The Bertz CT molecular complexity index is 1060. The Morgan fingerprint density at radius 3 is 2.78 bits per heavy atom. The van der Waals surface area contributed by atoms with Crippen LogP contribution in [-0.4, -0.2) is 22.1 Å². The molecule has 0 spiro atoms. The van der Waals surface area contributed by atoms with E-state index in [1.807, 2.05) is 6.92 Å². The summed E-state index contributed by atoms with van der Waals surface area (Å²) in [6, 6.07) is 8.97. The van der Waals surface area contributed by atoms with Crippen LogP contribution in [0, 0.1) is 12.7 Å². The minimum Gasteiger partial charge on any atom is -0.345 e. The Balaban J connectivity index is 2.07. The monoisotopic (exact) mass is 368 g/mol. The highest BCUT2D eigenvalue weighted by molar-refractivity contribution is 6.06. The van der Waals surface area contributed by atoms with E-state index in [0.717, 1.165) is 0 Å². The lowest BCUT2D eigenvalue weighted by Gasteiger charge is -2.19. The van der Waals surface area contributed by atoms with Crippen LogP contribution < -0.4 is 16.3 Å². The normalized spacial score (nSPS) is 12.0. The van der Waals surface area contributed by atoms with Crippen molar-refractivity contribution < 1.29 is 9.18 Å². The number of amides is 1. The predicted molar refractivity (Wildman–Crippen MR) is 103 cm³/mol. The van der Waals surface area contributed by atoms with Gasteiger partial charge in [-0.2, -0.15) is 0 Å². The maximum absolute atomic E-state index is 13.5. The van der Waals surface area contributed by atoms with Gasteiger partial charge >= 0.3 is 0 Å². The molecule has 1 aromatic carbocycles. The van der Waals surface area contributed by atoms with Gasteiger partial charge in [0.05, 0.1) is 28.2 Å². The number of aromatic nitrogens is 2. The number of carbonyl (C=O) groups excluding carboxylic acids is 1. The Hall–Kier alpha value is -3.22. The van der Waals surface area contributed by atoms with E-state index in [4.69, 9.17) is 0 Å². The second kappa shape index (κ2) is 7.57. The van der Waals surface area contributed by atoms with Crippen molar-refractivity contribution in [3.05, 3.63) is 75.6 Å². The molecule has 0 saturated heterocycles. The van der Waals surface area contributed by atoms with E-state index >= 15 is 0 Å². The van der Waals surface area contributed by atoms with Crippen molar-refractivity contribution in [2.75, 3.05) is 12.0 Å². The van der Waals surface area contributed by atoms with Crippen LogP contribution in [0.1, 0.15) is 41.5 Å². The summed E-state index contributed by atoms with van der Waals surface area (Å²) in [5, 5.41) is 3.23. The van der Waals surface area contributed by atoms with E-state index in [-0.39, 0.29) is 17.3 Å². The Labute approximate surface area is 156 Å². The van der Waals surface area contributed by atoms with E-state index in [1.165, 1.54) is 16.8 Å². The first-order valence-electron chi connectivity index (χ1n) is 8.74. The topological polar surface area (TPSA) is 76.0 Å². The van der Waals surface area contributed by atoms with Gasteiger partial charge < -0.3 is 10.7 Å². The van der Waals surface area contributed by atoms with Gasteiger partial charge in [0.1, 0.15) is 5.82 Å². The van der Waals surface area contributed by atoms with Gasteiger partial charge in [-0.25, -0.2) is 9.07 Å². The molecule has 0 aliphatic heterocycles. The Morgan fingerprint density at radius 1 is 1.30 bits per heavy atom. The molecule has 27 heavy (non-hydrogen) atoms. The van der Waals surface area contributed by atoms with Gasteiger partial charge in [-0.15, -0.1) is 0 Å². The highest BCUT2D eigenvalue weighted by atomic mass is 19.1. The molecule has 0 bridgehead atoms. The van der Waals surface area contributed by atoms with Crippen LogP contribution >= 0.6 is 0 Å². The lowest BCUT2D eigenvalue weighted by Crippen LogP contribution is -2.35. The minimum absolute atomic E-state index is 0.257. The van der Waals surface area contributed by atoms with Gasteiger partial charge in [-0.05, 0) is 50.6 Å². The van der Waals surface area contributed by atoms with Crippen molar-refractivity contribution in [2.24, 2.45) is 0 Å². The number of nitrogens with zero attached hydrogens (tertiary/aromatic N) is 2. The lowest BCUT2D eigenvalue weighted by molar-refractivity contribution is 0.0940. The quantitative estimate of drug-likeness (QED) is 0.726. The van der Waals surface area contributed by atoms with Gasteiger partial charge in [0, 0.05) is 12.7 Å². The van der Waals surface area contributed by atoms with Crippen LogP contribution in [0.25, 0.3) is 10.9 Å². The van der Waals surface area contributed by atoms with E-state index in [1.54, 1.807) is 44.3 Å². The average molecular weight is 368 g/mol. The van der Waals surface area contributed by atoms with Crippen LogP contribution in [0.4, 0.5) is 4.39 Å². The first-order chi connectivity index (χ1) is 12.9. The molecule has 1 atom stereocenters. The molecule has 0 aliphatic rings. The molecule has 1 unspecified atom stereocenters. The average Bonchev–Trinajstić information content (AvgIpc) is 2.65. The molecular weight excluding hydrogens is 347 g/mol.